The van der Waals surface area contributed by atoms with Crippen molar-refractivity contribution in [1.29, 1.82) is 0 Å². The van der Waals surface area contributed by atoms with Gasteiger partial charge in [-0.25, -0.2) is 4.79 Å². The molecular weight excluding hydrogens is 372 g/mol. The van der Waals surface area contributed by atoms with Crippen LogP contribution < -0.4 is 10.9 Å². The van der Waals surface area contributed by atoms with E-state index >= 15 is 0 Å². The first-order chi connectivity index (χ1) is 12.8. The number of phenolic OH excluding ortho intramolecular Hbond substituents is 1. The van der Waals surface area contributed by atoms with E-state index in [4.69, 9.17) is 11.6 Å². The van der Waals surface area contributed by atoms with E-state index in [9.17, 15) is 24.6 Å². The molecule has 138 valence electrons. The minimum atomic E-state index is -1.30. The van der Waals surface area contributed by atoms with Gasteiger partial charge in [-0.15, -0.1) is 0 Å². The van der Waals surface area contributed by atoms with Gasteiger partial charge in [0.25, 0.3) is 11.5 Å². The fourth-order valence-electron chi connectivity index (χ4n) is 2.65. The van der Waals surface area contributed by atoms with Crippen molar-refractivity contribution in [3.05, 3.63) is 75.0 Å². The summed E-state index contributed by atoms with van der Waals surface area (Å²) in [4.78, 5) is 38.7. The number of benzene rings is 2. The molecule has 27 heavy (non-hydrogen) atoms. The van der Waals surface area contributed by atoms with Crippen molar-refractivity contribution in [2.24, 2.45) is 0 Å². The normalized spacial score (nSPS) is 11.9. The predicted molar refractivity (Wildman–Crippen MR) is 100 cm³/mol. The van der Waals surface area contributed by atoms with Crippen LogP contribution in [0, 0.1) is 0 Å². The molecule has 0 fully saturated rings. The third-order valence-electron chi connectivity index (χ3n) is 4.04. The molecule has 0 aliphatic rings. The standard InChI is InChI=1S/C19H15ClN2O5/c20-13-3-1-10(2-4-13)17(24)22-16(19(26)27)9-12-7-11-8-14(23)5-6-15(11)21-18(12)25/h1-8,16,23H,9H2,(H,21,25)(H,22,24)(H,26,27). The largest absolute Gasteiger partial charge is 0.508 e. The number of aromatic nitrogens is 1. The molecule has 0 bridgehead atoms. The number of carboxylic acid groups (broad SMARTS) is 1. The van der Waals surface area contributed by atoms with Crippen LogP contribution in [0.5, 0.6) is 5.75 Å². The van der Waals surface area contributed by atoms with E-state index in [1.807, 2.05) is 0 Å². The first-order valence-electron chi connectivity index (χ1n) is 7.97. The van der Waals surface area contributed by atoms with E-state index < -0.39 is 23.5 Å². The van der Waals surface area contributed by atoms with Gasteiger partial charge in [0.15, 0.2) is 0 Å². The highest BCUT2D eigenvalue weighted by Gasteiger charge is 2.22. The van der Waals surface area contributed by atoms with Crippen molar-refractivity contribution in [2.45, 2.75) is 12.5 Å². The quantitative estimate of drug-likeness (QED) is 0.536. The number of hydrogen-bond donors (Lipinski definition) is 4. The molecule has 0 aliphatic carbocycles. The van der Waals surface area contributed by atoms with Gasteiger partial charge in [-0.05, 0) is 48.5 Å². The highest BCUT2D eigenvalue weighted by Crippen LogP contribution is 2.18. The molecule has 0 radical (unpaired) electrons. The summed E-state index contributed by atoms with van der Waals surface area (Å²) in [5.41, 5.74) is 0.485. The zero-order valence-corrected chi connectivity index (χ0v) is 14.7. The number of amides is 1. The van der Waals surface area contributed by atoms with Crippen LogP contribution in [0.25, 0.3) is 10.9 Å². The molecular formula is C19H15ClN2O5. The van der Waals surface area contributed by atoms with E-state index in [1.165, 1.54) is 42.5 Å². The minimum absolute atomic E-state index is 0.0197. The number of aromatic hydroxyl groups is 1. The fourth-order valence-corrected chi connectivity index (χ4v) is 2.78. The summed E-state index contributed by atoms with van der Waals surface area (Å²) in [6.07, 6.45) is -0.213. The first-order valence-corrected chi connectivity index (χ1v) is 8.35. The number of rotatable bonds is 5. The van der Waals surface area contributed by atoms with Crippen LogP contribution in [0.2, 0.25) is 5.02 Å². The topological polar surface area (TPSA) is 119 Å². The van der Waals surface area contributed by atoms with Crippen LogP contribution in [0.4, 0.5) is 0 Å². The fraction of sp³-hybridized carbons (Fsp3) is 0.105. The van der Waals surface area contributed by atoms with E-state index in [0.29, 0.717) is 15.9 Å². The van der Waals surface area contributed by atoms with E-state index in [1.54, 1.807) is 6.07 Å². The van der Waals surface area contributed by atoms with Gasteiger partial charge in [0.2, 0.25) is 0 Å². The molecule has 0 saturated carbocycles. The number of nitrogens with one attached hydrogen (secondary N) is 2. The SMILES string of the molecule is O=C(NC(Cc1cc2cc(O)ccc2[nH]c1=O)C(=O)O)c1ccc(Cl)cc1. The molecule has 0 spiro atoms. The van der Waals surface area contributed by atoms with Gasteiger partial charge in [0.05, 0.1) is 0 Å². The third-order valence-corrected chi connectivity index (χ3v) is 4.29. The average Bonchev–Trinajstić information content (AvgIpc) is 2.62. The van der Waals surface area contributed by atoms with Crippen molar-refractivity contribution in [2.75, 3.05) is 0 Å². The lowest BCUT2D eigenvalue weighted by molar-refractivity contribution is -0.139. The van der Waals surface area contributed by atoms with Crippen LogP contribution in [0.1, 0.15) is 15.9 Å². The van der Waals surface area contributed by atoms with Gasteiger partial charge >= 0.3 is 5.97 Å². The van der Waals surface area contributed by atoms with Gasteiger partial charge in [-0.3, -0.25) is 9.59 Å². The summed E-state index contributed by atoms with van der Waals surface area (Å²) in [7, 11) is 0. The molecule has 3 aromatic rings. The molecule has 3 rings (SSSR count). The molecule has 8 heteroatoms. The number of pyridine rings is 1. The van der Waals surface area contributed by atoms with Crippen LogP contribution in [0.3, 0.4) is 0 Å². The zero-order chi connectivity index (χ0) is 19.6. The van der Waals surface area contributed by atoms with E-state index in [2.05, 4.69) is 10.3 Å². The van der Waals surface area contributed by atoms with Crippen molar-refractivity contribution >= 4 is 34.4 Å². The summed E-state index contributed by atoms with van der Waals surface area (Å²) in [6.45, 7) is 0. The molecule has 1 aromatic heterocycles. The minimum Gasteiger partial charge on any atom is -0.508 e. The van der Waals surface area contributed by atoms with Crippen LogP contribution in [0.15, 0.2) is 53.3 Å². The third kappa shape index (κ3) is 4.27. The number of carbonyl (C=O) groups excluding carboxylic acids is 1. The number of hydrogen-bond acceptors (Lipinski definition) is 4. The summed E-state index contributed by atoms with van der Waals surface area (Å²) in [5.74, 6) is -1.84. The lowest BCUT2D eigenvalue weighted by Crippen LogP contribution is -2.43. The highest BCUT2D eigenvalue weighted by molar-refractivity contribution is 6.30. The molecule has 1 amide bonds. The summed E-state index contributed by atoms with van der Waals surface area (Å²) >= 11 is 5.77. The number of H-pyrrole nitrogens is 1. The second kappa shape index (κ2) is 7.51. The number of carboxylic acids is 1. The van der Waals surface area contributed by atoms with Gasteiger partial charge in [0, 0.05) is 33.5 Å². The van der Waals surface area contributed by atoms with Crippen molar-refractivity contribution in [3.8, 4) is 5.75 Å². The van der Waals surface area contributed by atoms with Gasteiger partial charge in [-0.2, -0.15) is 0 Å². The molecule has 0 saturated heterocycles. The van der Waals surface area contributed by atoms with E-state index in [-0.39, 0.29) is 23.3 Å². The molecule has 1 heterocycles. The predicted octanol–water partition coefficient (Wildman–Crippen LogP) is 2.31. The lowest BCUT2D eigenvalue weighted by atomic mass is 10.0. The van der Waals surface area contributed by atoms with Gasteiger partial charge in [-0.1, -0.05) is 11.6 Å². The maximum absolute atomic E-state index is 12.3. The molecule has 4 N–H and O–H groups in total. The lowest BCUT2D eigenvalue weighted by Gasteiger charge is -2.15. The van der Waals surface area contributed by atoms with Crippen LogP contribution in [-0.4, -0.2) is 33.1 Å². The maximum Gasteiger partial charge on any atom is 0.326 e. The molecule has 1 atom stereocenters. The van der Waals surface area contributed by atoms with Crippen LogP contribution >= 0.6 is 11.6 Å². The summed E-state index contributed by atoms with van der Waals surface area (Å²) in [5, 5.41) is 22.4. The molecule has 2 aromatic carbocycles. The number of aliphatic carboxylic acids is 1. The van der Waals surface area contributed by atoms with Crippen molar-refractivity contribution < 1.29 is 19.8 Å². The Labute approximate surface area is 158 Å². The number of aromatic amines is 1. The Morgan fingerprint density at radius 1 is 1.11 bits per heavy atom. The molecule has 7 nitrogen and oxygen atoms in total. The Kier molecular flexibility index (Phi) is 5.14. The number of halogens is 1. The Balaban J connectivity index is 1.86. The number of phenols is 1. The number of carbonyl (C=O) groups is 2. The monoisotopic (exact) mass is 386 g/mol. The van der Waals surface area contributed by atoms with Gasteiger partial charge in [0.1, 0.15) is 11.8 Å². The molecule has 1 unspecified atom stereocenters. The van der Waals surface area contributed by atoms with Crippen molar-refractivity contribution in [3.63, 3.8) is 0 Å². The van der Waals surface area contributed by atoms with Gasteiger partial charge < -0.3 is 20.5 Å². The second-order valence-corrected chi connectivity index (χ2v) is 6.41. The first kappa shape index (κ1) is 18.5. The maximum atomic E-state index is 12.3. The van der Waals surface area contributed by atoms with Crippen molar-refractivity contribution in [1.82, 2.24) is 10.3 Å². The Hall–Kier alpha value is -3.32. The summed E-state index contributed by atoms with van der Waals surface area (Å²) in [6, 6.07) is 10.6. The zero-order valence-electron chi connectivity index (χ0n) is 13.9. The Bertz CT molecular complexity index is 1080. The summed E-state index contributed by atoms with van der Waals surface area (Å²) < 4.78 is 0. The smallest absolute Gasteiger partial charge is 0.326 e. The highest BCUT2D eigenvalue weighted by atomic mass is 35.5. The molecule has 0 aliphatic heterocycles. The number of fused-ring (bicyclic) bond motifs is 1. The second-order valence-electron chi connectivity index (χ2n) is 5.97. The van der Waals surface area contributed by atoms with Crippen LogP contribution in [-0.2, 0) is 11.2 Å². The van der Waals surface area contributed by atoms with E-state index in [0.717, 1.165) is 0 Å². The Morgan fingerprint density at radius 3 is 2.48 bits per heavy atom. The average molecular weight is 387 g/mol. The Morgan fingerprint density at radius 2 is 1.81 bits per heavy atom.